The first-order valence-electron chi connectivity index (χ1n) is 7.61. The monoisotopic (exact) mass is 313 g/mol. The molecular weight excluding hydrogens is 293 g/mol. The Hall–Kier alpha value is -2.47. The van der Waals surface area contributed by atoms with Crippen LogP contribution in [-0.2, 0) is 6.54 Å². The molecule has 0 spiro atoms. The van der Waals surface area contributed by atoms with Crippen molar-refractivity contribution < 1.29 is 4.39 Å². The highest BCUT2D eigenvalue weighted by molar-refractivity contribution is 5.67. The molecule has 0 amide bonds. The summed E-state index contributed by atoms with van der Waals surface area (Å²) in [7, 11) is 4.11. The molecule has 0 radical (unpaired) electrons. The highest BCUT2D eigenvalue weighted by Gasteiger charge is 2.14. The van der Waals surface area contributed by atoms with Gasteiger partial charge in [0.05, 0.1) is 5.69 Å². The van der Waals surface area contributed by atoms with Gasteiger partial charge in [0.25, 0.3) is 0 Å². The molecule has 1 aromatic carbocycles. The molecule has 0 bridgehead atoms. The van der Waals surface area contributed by atoms with E-state index in [2.05, 4.69) is 33.6 Å². The normalized spacial score (nSPS) is 11.3. The summed E-state index contributed by atoms with van der Waals surface area (Å²) in [6.45, 7) is 1.83. The summed E-state index contributed by atoms with van der Waals surface area (Å²) in [5.74, 6) is 0.479. The summed E-state index contributed by atoms with van der Waals surface area (Å²) in [5, 5.41) is 4.25. The molecule has 0 unspecified atom stereocenters. The van der Waals surface area contributed by atoms with Crippen LogP contribution in [0.25, 0.3) is 17.1 Å². The van der Waals surface area contributed by atoms with Gasteiger partial charge in [-0.2, -0.15) is 5.10 Å². The van der Waals surface area contributed by atoms with Gasteiger partial charge in [-0.25, -0.2) is 14.1 Å². The molecule has 23 heavy (non-hydrogen) atoms. The van der Waals surface area contributed by atoms with Crippen LogP contribution in [0.2, 0.25) is 0 Å². The van der Waals surface area contributed by atoms with Gasteiger partial charge in [0.15, 0.2) is 0 Å². The number of hydrogen-bond acceptors (Lipinski definition) is 3. The van der Waals surface area contributed by atoms with Crippen molar-refractivity contribution in [3.05, 3.63) is 54.9 Å². The lowest BCUT2D eigenvalue weighted by atomic mass is 10.1. The largest absolute Gasteiger partial charge is 0.331 e. The predicted octanol–water partition coefficient (Wildman–Crippen LogP) is 2.83. The van der Waals surface area contributed by atoms with Crippen LogP contribution in [0.4, 0.5) is 4.39 Å². The van der Waals surface area contributed by atoms with Crippen molar-refractivity contribution in [1.82, 2.24) is 24.2 Å². The molecular formula is C17H20FN5. The maximum Gasteiger partial charge on any atom is 0.142 e. The van der Waals surface area contributed by atoms with Crippen molar-refractivity contribution >= 4 is 0 Å². The summed E-state index contributed by atoms with van der Waals surface area (Å²) < 4.78 is 17.6. The first-order valence-corrected chi connectivity index (χ1v) is 7.61. The molecule has 0 N–H and O–H groups in total. The average molecular weight is 313 g/mol. The van der Waals surface area contributed by atoms with Crippen molar-refractivity contribution in [2.24, 2.45) is 0 Å². The third-order valence-electron chi connectivity index (χ3n) is 3.67. The maximum atomic E-state index is 13.8. The molecule has 0 saturated carbocycles. The van der Waals surface area contributed by atoms with Gasteiger partial charge in [-0.15, -0.1) is 0 Å². The molecule has 0 atom stereocenters. The van der Waals surface area contributed by atoms with Crippen LogP contribution in [0, 0.1) is 5.82 Å². The van der Waals surface area contributed by atoms with Gasteiger partial charge in [0, 0.05) is 36.9 Å². The van der Waals surface area contributed by atoms with Crippen LogP contribution in [-0.4, -0.2) is 44.9 Å². The highest BCUT2D eigenvalue weighted by Crippen LogP contribution is 2.26. The van der Waals surface area contributed by atoms with Crippen molar-refractivity contribution in [2.45, 2.75) is 13.0 Å². The fraction of sp³-hybridized carbons (Fsp3) is 0.294. The lowest BCUT2D eigenvalue weighted by Crippen LogP contribution is -2.15. The topological polar surface area (TPSA) is 38.9 Å². The first kappa shape index (κ1) is 15.4. The maximum absolute atomic E-state index is 13.8. The van der Waals surface area contributed by atoms with E-state index in [4.69, 9.17) is 0 Å². The minimum Gasteiger partial charge on any atom is -0.331 e. The number of aryl methyl sites for hydroxylation is 1. The SMILES string of the molecule is CN(C)CCCn1ccnc1-c1cc(F)ccc1-n1cccn1. The zero-order chi connectivity index (χ0) is 16.2. The quantitative estimate of drug-likeness (QED) is 0.702. The number of benzene rings is 1. The molecule has 2 heterocycles. The number of nitrogens with zero attached hydrogens (tertiary/aromatic N) is 5. The van der Waals surface area contributed by atoms with Gasteiger partial charge in [0.2, 0.25) is 0 Å². The van der Waals surface area contributed by atoms with Crippen LogP contribution in [0.15, 0.2) is 49.1 Å². The molecule has 0 fully saturated rings. The Balaban J connectivity index is 1.96. The second-order valence-corrected chi connectivity index (χ2v) is 5.71. The van der Waals surface area contributed by atoms with E-state index >= 15 is 0 Å². The van der Waals surface area contributed by atoms with E-state index in [0.29, 0.717) is 0 Å². The summed E-state index contributed by atoms with van der Waals surface area (Å²) in [6, 6.07) is 6.54. The summed E-state index contributed by atoms with van der Waals surface area (Å²) in [6.07, 6.45) is 8.24. The van der Waals surface area contributed by atoms with Crippen molar-refractivity contribution in [3.63, 3.8) is 0 Å². The fourth-order valence-corrected chi connectivity index (χ4v) is 2.59. The smallest absolute Gasteiger partial charge is 0.142 e. The van der Waals surface area contributed by atoms with Crippen LogP contribution < -0.4 is 0 Å². The Morgan fingerprint density at radius 3 is 2.78 bits per heavy atom. The van der Waals surface area contributed by atoms with E-state index in [1.54, 1.807) is 23.1 Å². The van der Waals surface area contributed by atoms with E-state index in [1.807, 2.05) is 18.5 Å². The Kier molecular flexibility index (Phi) is 4.52. The van der Waals surface area contributed by atoms with Gasteiger partial charge in [0.1, 0.15) is 11.6 Å². The van der Waals surface area contributed by atoms with Gasteiger partial charge in [-0.3, -0.25) is 0 Å². The second kappa shape index (κ2) is 6.75. The Morgan fingerprint density at radius 1 is 1.17 bits per heavy atom. The van der Waals surface area contributed by atoms with Crippen molar-refractivity contribution in [3.8, 4) is 17.1 Å². The van der Waals surface area contributed by atoms with Crippen LogP contribution >= 0.6 is 0 Å². The van der Waals surface area contributed by atoms with Crippen molar-refractivity contribution in [2.75, 3.05) is 20.6 Å². The molecule has 2 aromatic heterocycles. The number of aromatic nitrogens is 4. The van der Waals surface area contributed by atoms with E-state index in [0.717, 1.165) is 36.6 Å². The zero-order valence-corrected chi connectivity index (χ0v) is 13.4. The molecule has 6 heteroatoms. The van der Waals surface area contributed by atoms with Gasteiger partial charge in [-0.1, -0.05) is 0 Å². The lowest BCUT2D eigenvalue weighted by molar-refractivity contribution is 0.387. The standard InChI is InChI=1S/C17H20FN5/c1-21(2)9-4-10-22-12-8-19-17(22)15-13-14(18)5-6-16(15)23-11-3-7-20-23/h3,5-8,11-13H,4,9-10H2,1-2H3. The van der Waals surface area contributed by atoms with Crippen LogP contribution in [0.5, 0.6) is 0 Å². The Labute approximate surface area is 135 Å². The lowest BCUT2D eigenvalue weighted by Gasteiger charge is -2.14. The third kappa shape index (κ3) is 3.48. The van der Waals surface area contributed by atoms with Crippen molar-refractivity contribution in [1.29, 1.82) is 0 Å². The minimum atomic E-state index is -0.279. The van der Waals surface area contributed by atoms with Gasteiger partial charge < -0.3 is 9.47 Å². The molecule has 0 aliphatic carbocycles. The fourth-order valence-electron chi connectivity index (χ4n) is 2.59. The second-order valence-electron chi connectivity index (χ2n) is 5.71. The third-order valence-corrected chi connectivity index (χ3v) is 3.67. The van der Waals surface area contributed by atoms with Gasteiger partial charge in [-0.05, 0) is 51.3 Å². The molecule has 120 valence electrons. The van der Waals surface area contributed by atoms with Crippen LogP contribution in [0.1, 0.15) is 6.42 Å². The summed E-state index contributed by atoms with van der Waals surface area (Å²) >= 11 is 0. The van der Waals surface area contributed by atoms with E-state index in [-0.39, 0.29) is 5.82 Å². The first-order chi connectivity index (χ1) is 11.1. The minimum absolute atomic E-state index is 0.279. The Morgan fingerprint density at radius 2 is 2.04 bits per heavy atom. The Bertz CT molecular complexity index is 761. The summed E-state index contributed by atoms with van der Waals surface area (Å²) in [4.78, 5) is 6.58. The molecule has 3 aromatic rings. The number of rotatable bonds is 6. The average Bonchev–Trinajstić information content (AvgIpc) is 3.17. The van der Waals surface area contributed by atoms with Crippen LogP contribution in [0.3, 0.4) is 0 Å². The molecule has 0 aliphatic rings. The van der Waals surface area contributed by atoms with E-state index < -0.39 is 0 Å². The molecule has 5 nitrogen and oxygen atoms in total. The number of imidazole rings is 1. The molecule has 0 saturated heterocycles. The number of hydrogen-bond donors (Lipinski definition) is 0. The van der Waals surface area contributed by atoms with E-state index in [9.17, 15) is 4.39 Å². The van der Waals surface area contributed by atoms with Gasteiger partial charge >= 0.3 is 0 Å². The predicted molar refractivity (Wildman–Crippen MR) is 87.9 cm³/mol. The highest BCUT2D eigenvalue weighted by atomic mass is 19.1. The zero-order valence-electron chi connectivity index (χ0n) is 13.4. The molecule has 0 aliphatic heterocycles. The van der Waals surface area contributed by atoms with E-state index in [1.165, 1.54) is 12.1 Å². The summed E-state index contributed by atoms with van der Waals surface area (Å²) in [5.41, 5.74) is 1.56. The number of halogens is 1. The molecule has 3 rings (SSSR count).